The van der Waals surface area contributed by atoms with Crippen LogP contribution in [0.5, 0.6) is 0 Å². The summed E-state index contributed by atoms with van der Waals surface area (Å²) in [5.74, 6) is 0. The van der Waals surface area contributed by atoms with Gasteiger partial charge >= 0.3 is 0 Å². The Bertz CT molecular complexity index is 356. The van der Waals surface area contributed by atoms with E-state index in [-0.39, 0.29) is 0 Å². The van der Waals surface area contributed by atoms with Crippen LogP contribution in [0.2, 0.25) is 0 Å². The lowest BCUT2D eigenvalue weighted by molar-refractivity contribution is -0.00445. The first kappa shape index (κ1) is 15.7. The number of aliphatic hydroxyl groups is 2. The fourth-order valence-electron chi connectivity index (χ4n) is 0.869. The normalized spacial score (nSPS) is 17.0. The Kier molecular flexibility index (Phi) is 5.79. The van der Waals surface area contributed by atoms with Gasteiger partial charge in [0.05, 0.1) is 25.7 Å². The van der Waals surface area contributed by atoms with Crippen LogP contribution in [0.15, 0.2) is 0 Å². The maximum absolute atomic E-state index is 10.8. The quantitative estimate of drug-likeness (QED) is 0.496. The average molecular weight is 278 g/mol. The zero-order valence-corrected chi connectivity index (χ0v) is 10.4. The number of aliphatic hydroxyl groups excluding tert-OH is 2. The second kappa shape index (κ2) is 5.89. The van der Waals surface area contributed by atoms with Gasteiger partial charge in [0.15, 0.2) is 0 Å². The zero-order chi connectivity index (χ0) is 13.0. The maximum Gasteiger partial charge on any atom is 0.264 e. The van der Waals surface area contributed by atoms with E-state index in [9.17, 15) is 16.8 Å². The fourth-order valence-corrected chi connectivity index (χ4v) is 2.14. The van der Waals surface area contributed by atoms with Gasteiger partial charge in [-0.15, -0.1) is 0 Å². The molecule has 0 saturated heterocycles. The van der Waals surface area contributed by atoms with Gasteiger partial charge in [0.25, 0.3) is 20.2 Å². The van der Waals surface area contributed by atoms with E-state index in [0.717, 1.165) is 12.5 Å². The van der Waals surface area contributed by atoms with Crippen LogP contribution in [0.1, 0.15) is 0 Å². The molecule has 2 atom stereocenters. The second-order valence-electron chi connectivity index (χ2n) is 3.04. The lowest BCUT2D eigenvalue weighted by Gasteiger charge is -2.21. The molecule has 0 aliphatic rings. The van der Waals surface area contributed by atoms with Crippen molar-refractivity contribution in [2.75, 3.05) is 25.7 Å². The molecule has 0 aromatic heterocycles. The van der Waals surface area contributed by atoms with Gasteiger partial charge in [0.2, 0.25) is 0 Å². The molecule has 0 rings (SSSR count). The summed E-state index contributed by atoms with van der Waals surface area (Å²) < 4.78 is 51.8. The van der Waals surface area contributed by atoms with E-state index < -0.39 is 45.7 Å². The monoisotopic (exact) mass is 278 g/mol. The largest absolute Gasteiger partial charge is 0.394 e. The molecule has 16 heavy (non-hydrogen) atoms. The van der Waals surface area contributed by atoms with Gasteiger partial charge in [-0.3, -0.25) is 8.37 Å². The minimum absolute atomic E-state index is 0.727. The van der Waals surface area contributed by atoms with Crippen LogP contribution in [0.4, 0.5) is 0 Å². The van der Waals surface area contributed by atoms with Gasteiger partial charge in [-0.2, -0.15) is 16.8 Å². The van der Waals surface area contributed by atoms with Crippen molar-refractivity contribution in [1.29, 1.82) is 0 Å². The van der Waals surface area contributed by atoms with Crippen LogP contribution in [0.3, 0.4) is 0 Å². The van der Waals surface area contributed by atoms with Crippen molar-refractivity contribution < 1.29 is 35.4 Å². The summed E-state index contributed by atoms with van der Waals surface area (Å²) in [6.45, 7) is -1.62. The molecule has 0 amide bonds. The molecule has 0 aromatic carbocycles. The first-order valence-electron chi connectivity index (χ1n) is 4.07. The van der Waals surface area contributed by atoms with E-state index in [0.29, 0.717) is 0 Å². The minimum Gasteiger partial charge on any atom is -0.394 e. The van der Waals surface area contributed by atoms with Crippen LogP contribution < -0.4 is 0 Å². The van der Waals surface area contributed by atoms with Crippen molar-refractivity contribution in [1.82, 2.24) is 0 Å². The molecular formula is C6H14O8S2. The molecule has 0 unspecified atom stereocenters. The molecule has 0 aromatic rings. The van der Waals surface area contributed by atoms with Crippen molar-refractivity contribution in [3.63, 3.8) is 0 Å². The zero-order valence-electron chi connectivity index (χ0n) is 8.73. The molecule has 0 spiro atoms. The molecule has 0 aliphatic carbocycles. The third kappa shape index (κ3) is 7.09. The third-order valence-electron chi connectivity index (χ3n) is 1.37. The predicted octanol–water partition coefficient (Wildman–Crippen LogP) is -2.34. The van der Waals surface area contributed by atoms with Gasteiger partial charge in [0, 0.05) is 0 Å². The van der Waals surface area contributed by atoms with E-state index >= 15 is 0 Å². The van der Waals surface area contributed by atoms with Gasteiger partial charge in [-0.1, -0.05) is 0 Å². The van der Waals surface area contributed by atoms with Crippen molar-refractivity contribution in [3.8, 4) is 0 Å². The summed E-state index contributed by atoms with van der Waals surface area (Å²) in [5.41, 5.74) is 0. The van der Waals surface area contributed by atoms with E-state index in [4.69, 9.17) is 10.2 Å². The van der Waals surface area contributed by atoms with Crippen LogP contribution in [0, 0.1) is 0 Å². The summed E-state index contributed by atoms with van der Waals surface area (Å²) in [5, 5.41) is 17.6. The van der Waals surface area contributed by atoms with E-state index in [2.05, 4.69) is 8.37 Å². The topological polar surface area (TPSA) is 127 Å². The number of hydrogen-bond acceptors (Lipinski definition) is 8. The Morgan fingerprint density at radius 1 is 0.875 bits per heavy atom. The third-order valence-corrected chi connectivity index (χ3v) is 2.56. The van der Waals surface area contributed by atoms with Crippen LogP contribution in [-0.4, -0.2) is 65.0 Å². The summed E-state index contributed by atoms with van der Waals surface area (Å²) in [6.07, 6.45) is -1.50. The van der Waals surface area contributed by atoms with Gasteiger partial charge in [0.1, 0.15) is 12.2 Å². The van der Waals surface area contributed by atoms with Gasteiger partial charge in [-0.05, 0) is 0 Å². The summed E-state index contributed by atoms with van der Waals surface area (Å²) >= 11 is 0. The Balaban J connectivity index is 4.77. The van der Waals surface area contributed by atoms with Crippen LogP contribution in [0.25, 0.3) is 0 Å². The van der Waals surface area contributed by atoms with Crippen LogP contribution >= 0.6 is 0 Å². The first-order valence-corrected chi connectivity index (χ1v) is 7.70. The molecule has 0 radical (unpaired) electrons. The summed E-state index contributed by atoms with van der Waals surface area (Å²) in [4.78, 5) is 0. The molecule has 0 fully saturated rings. The summed E-state index contributed by atoms with van der Waals surface area (Å²) in [6, 6.07) is 0. The van der Waals surface area contributed by atoms with Crippen molar-refractivity contribution >= 4 is 20.2 Å². The van der Waals surface area contributed by atoms with Gasteiger partial charge in [-0.25, -0.2) is 0 Å². The Hall–Kier alpha value is -0.260. The molecule has 8 nitrogen and oxygen atoms in total. The minimum atomic E-state index is -3.89. The molecule has 0 saturated carbocycles. The van der Waals surface area contributed by atoms with Crippen molar-refractivity contribution in [3.05, 3.63) is 0 Å². The fraction of sp³-hybridized carbons (Fsp3) is 1.00. The van der Waals surface area contributed by atoms with E-state index in [1.807, 2.05) is 0 Å². The highest BCUT2D eigenvalue weighted by Gasteiger charge is 2.28. The molecule has 98 valence electrons. The average Bonchev–Trinajstić information content (AvgIpc) is 2.07. The Morgan fingerprint density at radius 2 is 1.12 bits per heavy atom. The maximum atomic E-state index is 10.8. The highest BCUT2D eigenvalue weighted by molar-refractivity contribution is 7.86. The van der Waals surface area contributed by atoms with E-state index in [1.54, 1.807) is 0 Å². The Morgan fingerprint density at radius 3 is 1.25 bits per heavy atom. The molecule has 0 aliphatic heterocycles. The molecule has 0 heterocycles. The first-order chi connectivity index (χ1) is 7.09. The molecule has 2 N–H and O–H groups in total. The highest BCUT2D eigenvalue weighted by atomic mass is 32.2. The lowest BCUT2D eigenvalue weighted by atomic mass is 10.2. The van der Waals surface area contributed by atoms with Crippen LogP contribution in [-0.2, 0) is 28.6 Å². The predicted molar refractivity (Wildman–Crippen MR) is 53.6 cm³/mol. The smallest absolute Gasteiger partial charge is 0.264 e. The lowest BCUT2D eigenvalue weighted by Crippen LogP contribution is -2.40. The number of hydrogen-bond donors (Lipinski definition) is 2. The SMILES string of the molecule is CS(=O)(=O)O[C@@H](CO)[C@@H](CO)OS(C)(=O)=O. The van der Waals surface area contributed by atoms with Gasteiger partial charge < -0.3 is 10.2 Å². The van der Waals surface area contributed by atoms with Crippen molar-refractivity contribution in [2.45, 2.75) is 12.2 Å². The van der Waals surface area contributed by atoms with Crippen molar-refractivity contribution in [2.24, 2.45) is 0 Å². The Labute approximate surface area is 94.0 Å². The number of rotatable bonds is 7. The molecule has 0 bridgehead atoms. The summed E-state index contributed by atoms with van der Waals surface area (Å²) in [7, 11) is -7.78. The highest BCUT2D eigenvalue weighted by Crippen LogP contribution is 2.09. The molecule has 10 heteroatoms. The second-order valence-corrected chi connectivity index (χ2v) is 6.24. The standard InChI is InChI=1S/C6H14O8S2/c1-15(9,10)13-5(3-7)6(4-8)14-16(2,11)12/h5-8H,3-4H2,1-2H3/t5-,6+. The van der Waals surface area contributed by atoms with E-state index in [1.165, 1.54) is 0 Å². The molecular weight excluding hydrogens is 264 g/mol.